The second-order valence-electron chi connectivity index (χ2n) is 6.67. The van der Waals surface area contributed by atoms with E-state index in [2.05, 4.69) is 20.1 Å². The summed E-state index contributed by atoms with van der Waals surface area (Å²) in [6.45, 7) is 3.65. The van der Waals surface area contributed by atoms with E-state index in [9.17, 15) is 4.79 Å². The van der Waals surface area contributed by atoms with E-state index in [1.165, 1.54) is 11.3 Å². The number of fused-ring (bicyclic) bond motifs is 2. The first-order valence-electron chi connectivity index (χ1n) is 8.21. The second-order valence-corrected chi connectivity index (χ2v) is 7.63. The van der Waals surface area contributed by atoms with Crippen molar-refractivity contribution in [1.29, 1.82) is 0 Å². The van der Waals surface area contributed by atoms with Crippen molar-refractivity contribution < 1.29 is 9.53 Å². The predicted molar refractivity (Wildman–Crippen MR) is 88.9 cm³/mol. The maximum absolute atomic E-state index is 12.5. The molecular formula is C16H17N5O2S. The van der Waals surface area contributed by atoms with Crippen LogP contribution in [0.25, 0.3) is 10.7 Å². The van der Waals surface area contributed by atoms with Gasteiger partial charge in [-0.05, 0) is 38.1 Å². The van der Waals surface area contributed by atoms with Crippen LogP contribution < -0.4 is 4.90 Å². The largest absolute Gasteiger partial charge is 0.439 e. The lowest BCUT2D eigenvalue weighted by molar-refractivity contribution is -0.0881. The lowest BCUT2D eigenvalue weighted by atomic mass is 9.75. The number of pyridine rings is 1. The van der Waals surface area contributed by atoms with Gasteiger partial charge in [0.15, 0.2) is 5.01 Å². The third kappa shape index (κ3) is 2.13. The number of aromatic nitrogens is 3. The highest BCUT2D eigenvalue weighted by Crippen LogP contribution is 2.43. The minimum absolute atomic E-state index is 0.299. The fourth-order valence-electron chi connectivity index (χ4n) is 4.08. The molecule has 4 aliphatic heterocycles. The summed E-state index contributed by atoms with van der Waals surface area (Å²) in [5.74, 6) is 0.458. The maximum atomic E-state index is 12.5. The van der Waals surface area contributed by atoms with Crippen LogP contribution in [-0.4, -0.2) is 58.0 Å². The van der Waals surface area contributed by atoms with Gasteiger partial charge in [0, 0.05) is 18.7 Å². The fraction of sp³-hybridized carbons (Fsp3) is 0.500. The molecule has 1 amide bonds. The minimum atomic E-state index is -0.371. The molecule has 1 atom stereocenters. The molecule has 8 heteroatoms. The van der Waals surface area contributed by atoms with Gasteiger partial charge in [0.1, 0.15) is 11.3 Å². The molecule has 0 saturated carbocycles. The minimum Gasteiger partial charge on any atom is -0.439 e. The molecular weight excluding hydrogens is 326 g/mol. The zero-order valence-electron chi connectivity index (χ0n) is 13.1. The molecule has 0 aliphatic carbocycles. The summed E-state index contributed by atoms with van der Waals surface area (Å²) in [6, 6.07) is 5.66. The van der Waals surface area contributed by atoms with Crippen molar-refractivity contribution in [3.05, 3.63) is 24.4 Å². The van der Waals surface area contributed by atoms with Gasteiger partial charge in [0.05, 0.1) is 6.54 Å². The zero-order valence-corrected chi connectivity index (χ0v) is 13.9. The average molecular weight is 343 g/mol. The Labute approximate surface area is 143 Å². The Kier molecular flexibility index (Phi) is 3.11. The SMILES string of the molecule is O=C1OC2(CN3CCC2CC3)CN1c1nnc(-c2ccccn2)s1. The first-order valence-corrected chi connectivity index (χ1v) is 9.03. The number of ether oxygens (including phenoxy) is 1. The number of amides is 1. The van der Waals surface area contributed by atoms with Gasteiger partial charge in [-0.15, -0.1) is 10.2 Å². The van der Waals surface area contributed by atoms with Crippen molar-refractivity contribution in [1.82, 2.24) is 20.1 Å². The van der Waals surface area contributed by atoms with Gasteiger partial charge in [0.2, 0.25) is 5.13 Å². The van der Waals surface area contributed by atoms with Crippen molar-refractivity contribution in [3.8, 4) is 10.7 Å². The average Bonchev–Trinajstić information content (AvgIpc) is 3.22. The molecule has 2 aromatic heterocycles. The van der Waals surface area contributed by atoms with Crippen molar-refractivity contribution in [2.75, 3.05) is 31.1 Å². The third-order valence-corrected chi connectivity index (χ3v) is 6.26. The lowest BCUT2D eigenvalue weighted by Gasteiger charge is -2.49. The van der Waals surface area contributed by atoms with Gasteiger partial charge in [-0.25, -0.2) is 9.69 Å². The maximum Gasteiger partial charge on any atom is 0.416 e. The number of hydrogen-bond donors (Lipinski definition) is 0. The summed E-state index contributed by atoms with van der Waals surface area (Å²) in [5, 5.41) is 9.71. The number of piperidine rings is 3. The number of carbonyl (C=O) groups is 1. The standard InChI is InChI=1S/C16H17N5O2S/c22-15-21(10-16(23-15)9-20-7-4-11(16)5-8-20)14-19-18-13(24-14)12-3-1-2-6-17-12/h1-3,6,11H,4-5,7-10H2. The van der Waals surface area contributed by atoms with Gasteiger partial charge in [-0.1, -0.05) is 17.4 Å². The highest BCUT2D eigenvalue weighted by atomic mass is 32.1. The van der Waals surface area contributed by atoms with Crippen LogP contribution in [0.4, 0.5) is 9.93 Å². The van der Waals surface area contributed by atoms with E-state index >= 15 is 0 Å². The number of anilines is 1. The molecule has 0 radical (unpaired) electrons. The van der Waals surface area contributed by atoms with E-state index in [0.717, 1.165) is 38.2 Å². The molecule has 24 heavy (non-hydrogen) atoms. The highest BCUT2D eigenvalue weighted by molar-refractivity contribution is 7.18. The normalized spacial score (nSPS) is 31.7. The Hall–Kier alpha value is -2.06. The molecule has 0 N–H and O–H groups in total. The molecule has 0 aromatic carbocycles. The number of hydrogen-bond acceptors (Lipinski definition) is 7. The van der Waals surface area contributed by atoms with Crippen molar-refractivity contribution in [2.45, 2.75) is 18.4 Å². The highest BCUT2D eigenvalue weighted by Gasteiger charge is 2.56. The number of rotatable bonds is 2. The van der Waals surface area contributed by atoms with Crippen LogP contribution in [0.2, 0.25) is 0 Å². The molecule has 124 valence electrons. The van der Waals surface area contributed by atoms with Crippen LogP contribution in [0.5, 0.6) is 0 Å². The molecule has 7 nitrogen and oxygen atoms in total. The van der Waals surface area contributed by atoms with Gasteiger partial charge >= 0.3 is 6.09 Å². The summed E-state index contributed by atoms with van der Waals surface area (Å²) in [5.41, 5.74) is 0.399. The number of carbonyl (C=O) groups excluding carboxylic acids is 1. The van der Waals surface area contributed by atoms with E-state index in [0.29, 0.717) is 22.6 Å². The van der Waals surface area contributed by atoms with Crippen LogP contribution >= 0.6 is 11.3 Å². The topological polar surface area (TPSA) is 71.5 Å². The first kappa shape index (κ1) is 14.3. The molecule has 4 aliphatic rings. The van der Waals surface area contributed by atoms with E-state index < -0.39 is 0 Å². The smallest absolute Gasteiger partial charge is 0.416 e. The van der Waals surface area contributed by atoms with Gasteiger partial charge in [0.25, 0.3) is 0 Å². The van der Waals surface area contributed by atoms with E-state index in [-0.39, 0.29) is 11.7 Å². The molecule has 2 bridgehead atoms. The first-order chi connectivity index (χ1) is 11.7. The van der Waals surface area contributed by atoms with Gasteiger partial charge in [-0.3, -0.25) is 9.88 Å². The Bertz CT molecular complexity index is 774. The Balaban J connectivity index is 1.42. The number of nitrogens with zero attached hydrogens (tertiary/aromatic N) is 5. The van der Waals surface area contributed by atoms with E-state index in [1.807, 2.05) is 18.2 Å². The molecule has 6 rings (SSSR count). The lowest BCUT2D eigenvalue weighted by Crippen LogP contribution is -2.61. The van der Waals surface area contributed by atoms with Crippen molar-refractivity contribution in [2.24, 2.45) is 5.92 Å². The van der Waals surface area contributed by atoms with E-state index in [4.69, 9.17) is 4.74 Å². The molecule has 1 unspecified atom stereocenters. The zero-order chi connectivity index (χ0) is 16.1. The van der Waals surface area contributed by atoms with Crippen LogP contribution in [0.3, 0.4) is 0 Å². The fourth-order valence-corrected chi connectivity index (χ4v) is 4.89. The van der Waals surface area contributed by atoms with Crippen LogP contribution in [0.1, 0.15) is 12.8 Å². The van der Waals surface area contributed by atoms with Gasteiger partial charge in [-0.2, -0.15) is 0 Å². The molecule has 2 aromatic rings. The summed E-state index contributed by atoms with van der Waals surface area (Å²) in [7, 11) is 0. The van der Waals surface area contributed by atoms with E-state index in [1.54, 1.807) is 11.1 Å². The summed E-state index contributed by atoms with van der Waals surface area (Å²) in [4.78, 5) is 20.8. The summed E-state index contributed by atoms with van der Waals surface area (Å²) in [6.07, 6.45) is 3.64. The van der Waals surface area contributed by atoms with Crippen LogP contribution in [0.15, 0.2) is 24.4 Å². The monoisotopic (exact) mass is 343 g/mol. The van der Waals surface area contributed by atoms with Crippen molar-refractivity contribution >= 4 is 22.6 Å². The van der Waals surface area contributed by atoms with Crippen LogP contribution in [0, 0.1) is 5.92 Å². The third-order valence-electron chi connectivity index (χ3n) is 5.29. The second kappa shape index (κ2) is 5.22. The van der Waals surface area contributed by atoms with Gasteiger partial charge < -0.3 is 4.74 Å². The molecule has 6 heterocycles. The predicted octanol–water partition coefficient (Wildman–Crippen LogP) is 2.02. The Morgan fingerprint density at radius 1 is 1.21 bits per heavy atom. The van der Waals surface area contributed by atoms with Crippen molar-refractivity contribution in [3.63, 3.8) is 0 Å². The van der Waals surface area contributed by atoms with Crippen LogP contribution in [-0.2, 0) is 4.74 Å². The molecule has 4 saturated heterocycles. The quantitative estimate of drug-likeness (QED) is 0.831. The Morgan fingerprint density at radius 3 is 2.79 bits per heavy atom. The summed E-state index contributed by atoms with van der Waals surface area (Å²) >= 11 is 1.38. The Morgan fingerprint density at radius 2 is 2.08 bits per heavy atom. The summed E-state index contributed by atoms with van der Waals surface area (Å²) < 4.78 is 5.87. The molecule has 4 fully saturated rings. The molecule has 1 spiro atoms.